The number of nitrogens with one attached hydrogen (secondary N) is 1. The Morgan fingerprint density at radius 3 is 3.00 bits per heavy atom. The molecule has 1 aliphatic rings. The highest BCUT2D eigenvalue weighted by atomic mass is 16.5. The quantitative estimate of drug-likeness (QED) is 0.804. The van der Waals surface area contributed by atoms with Crippen LogP contribution in [0.2, 0.25) is 0 Å². The van der Waals surface area contributed by atoms with Crippen LogP contribution < -0.4 is 15.8 Å². The summed E-state index contributed by atoms with van der Waals surface area (Å²) in [6.45, 7) is 3.89. The summed E-state index contributed by atoms with van der Waals surface area (Å²) < 4.78 is 5.58. The van der Waals surface area contributed by atoms with Gasteiger partial charge in [-0.1, -0.05) is 12.1 Å². The average molecular weight is 305 g/mol. The summed E-state index contributed by atoms with van der Waals surface area (Å²) in [6.07, 6.45) is 1.57. The first-order chi connectivity index (χ1) is 10.6. The number of hydrogen-bond acceptors (Lipinski definition) is 3. The van der Waals surface area contributed by atoms with Crippen LogP contribution in [0.1, 0.15) is 18.4 Å². The number of amides is 3. The molecule has 1 aromatic carbocycles. The largest absolute Gasteiger partial charge is 0.492 e. The van der Waals surface area contributed by atoms with E-state index >= 15 is 0 Å². The molecule has 0 aliphatic carbocycles. The first-order valence-electron chi connectivity index (χ1n) is 7.58. The van der Waals surface area contributed by atoms with Crippen molar-refractivity contribution in [3.05, 3.63) is 29.8 Å². The van der Waals surface area contributed by atoms with Crippen molar-refractivity contribution in [2.45, 2.75) is 19.8 Å². The number of rotatable bonds is 5. The van der Waals surface area contributed by atoms with Gasteiger partial charge in [-0.2, -0.15) is 0 Å². The molecule has 2 rings (SSSR count). The molecule has 0 radical (unpaired) electrons. The van der Waals surface area contributed by atoms with Gasteiger partial charge in [0.15, 0.2) is 0 Å². The van der Waals surface area contributed by atoms with E-state index in [1.807, 2.05) is 31.2 Å². The molecule has 1 unspecified atom stereocenters. The molecule has 1 aliphatic heterocycles. The van der Waals surface area contributed by atoms with Crippen molar-refractivity contribution in [3.8, 4) is 5.75 Å². The van der Waals surface area contributed by atoms with E-state index in [1.165, 1.54) is 0 Å². The highest BCUT2D eigenvalue weighted by Gasteiger charge is 2.26. The van der Waals surface area contributed by atoms with Gasteiger partial charge in [-0.3, -0.25) is 4.79 Å². The van der Waals surface area contributed by atoms with Gasteiger partial charge >= 0.3 is 6.03 Å². The molecule has 1 fully saturated rings. The van der Waals surface area contributed by atoms with E-state index in [2.05, 4.69) is 5.32 Å². The van der Waals surface area contributed by atoms with Gasteiger partial charge in [0, 0.05) is 13.1 Å². The van der Waals surface area contributed by atoms with Gasteiger partial charge in [-0.25, -0.2) is 4.79 Å². The maximum atomic E-state index is 12.0. The normalized spacial score (nSPS) is 17.9. The molecule has 22 heavy (non-hydrogen) atoms. The number of carbonyl (C=O) groups is 2. The van der Waals surface area contributed by atoms with Crippen molar-refractivity contribution < 1.29 is 14.3 Å². The third-order valence-electron chi connectivity index (χ3n) is 3.75. The fraction of sp³-hybridized carbons (Fsp3) is 0.500. The number of carbonyl (C=O) groups excluding carboxylic acids is 2. The summed E-state index contributed by atoms with van der Waals surface area (Å²) in [4.78, 5) is 24.9. The van der Waals surface area contributed by atoms with E-state index in [-0.39, 0.29) is 17.9 Å². The number of primary amides is 1. The second-order valence-corrected chi connectivity index (χ2v) is 5.58. The number of ether oxygens (including phenoxy) is 1. The Balaban J connectivity index is 1.70. The van der Waals surface area contributed by atoms with E-state index in [0.29, 0.717) is 26.2 Å². The summed E-state index contributed by atoms with van der Waals surface area (Å²) >= 11 is 0. The van der Waals surface area contributed by atoms with Crippen LogP contribution in [0.5, 0.6) is 5.75 Å². The van der Waals surface area contributed by atoms with Crippen molar-refractivity contribution in [3.63, 3.8) is 0 Å². The number of nitrogens with zero attached hydrogens (tertiary/aromatic N) is 1. The number of urea groups is 1. The highest BCUT2D eigenvalue weighted by molar-refractivity contribution is 5.79. The van der Waals surface area contributed by atoms with Crippen molar-refractivity contribution >= 4 is 11.9 Å². The van der Waals surface area contributed by atoms with Gasteiger partial charge in [0.1, 0.15) is 12.4 Å². The lowest BCUT2D eigenvalue weighted by atomic mass is 9.98. The van der Waals surface area contributed by atoms with Crippen LogP contribution in [0.25, 0.3) is 0 Å². The van der Waals surface area contributed by atoms with Crippen molar-refractivity contribution in [2.24, 2.45) is 11.7 Å². The number of hydrogen-bond donors (Lipinski definition) is 2. The molecule has 6 nitrogen and oxygen atoms in total. The zero-order chi connectivity index (χ0) is 15.9. The van der Waals surface area contributed by atoms with Gasteiger partial charge in [0.05, 0.1) is 12.5 Å². The average Bonchev–Trinajstić information content (AvgIpc) is 2.51. The van der Waals surface area contributed by atoms with E-state index < -0.39 is 0 Å². The standard InChI is InChI=1S/C16H23N3O3/c1-12-4-2-6-14(10-12)22-9-7-18-16(21)19-8-3-5-13(11-19)15(17)20/h2,4,6,10,13H,3,5,7-9,11H2,1H3,(H2,17,20)(H,18,21). The Morgan fingerprint density at radius 1 is 1.45 bits per heavy atom. The molecular weight excluding hydrogens is 282 g/mol. The Kier molecular flexibility index (Phi) is 5.63. The summed E-state index contributed by atoms with van der Waals surface area (Å²) in [5, 5.41) is 2.81. The first-order valence-corrected chi connectivity index (χ1v) is 7.58. The Labute approximate surface area is 130 Å². The van der Waals surface area contributed by atoms with Gasteiger partial charge in [0.2, 0.25) is 5.91 Å². The smallest absolute Gasteiger partial charge is 0.317 e. The van der Waals surface area contributed by atoms with Gasteiger partial charge in [-0.05, 0) is 37.5 Å². The number of likely N-dealkylation sites (tertiary alicyclic amines) is 1. The highest BCUT2D eigenvalue weighted by Crippen LogP contribution is 2.16. The van der Waals surface area contributed by atoms with E-state index in [4.69, 9.17) is 10.5 Å². The third kappa shape index (κ3) is 4.65. The second kappa shape index (κ2) is 7.68. The zero-order valence-electron chi connectivity index (χ0n) is 12.9. The summed E-state index contributed by atoms with van der Waals surface area (Å²) in [7, 11) is 0. The van der Waals surface area contributed by atoms with Crippen LogP contribution in [0.15, 0.2) is 24.3 Å². The maximum absolute atomic E-state index is 12.0. The minimum Gasteiger partial charge on any atom is -0.492 e. The topological polar surface area (TPSA) is 84.7 Å². The van der Waals surface area contributed by atoms with Crippen molar-refractivity contribution in [1.29, 1.82) is 0 Å². The molecule has 1 aromatic rings. The van der Waals surface area contributed by atoms with Crippen LogP contribution in [0.4, 0.5) is 4.79 Å². The molecule has 0 saturated carbocycles. The molecule has 1 saturated heterocycles. The lowest BCUT2D eigenvalue weighted by Crippen LogP contribution is -2.48. The minimum atomic E-state index is -0.333. The number of piperidine rings is 1. The Bertz CT molecular complexity index is 533. The monoisotopic (exact) mass is 305 g/mol. The predicted molar refractivity (Wildman–Crippen MR) is 83.6 cm³/mol. The van der Waals surface area contributed by atoms with Crippen LogP contribution in [0, 0.1) is 12.8 Å². The van der Waals surface area contributed by atoms with Crippen molar-refractivity contribution in [1.82, 2.24) is 10.2 Å². The Morgan fingerprint density at radius 2 is 2.27 bits per heavy atom. The molecular formula is C16H23N3O3. The first kappa shape index (κ1) is 16.1. The lowest BCUT2D eigenvalue weighted by Gasteiger charge is -2.31. The molecule has 120 valence electrons. The van der Waals surface area contributed by atoms with Crippen molar-refractivity contribution in [2.75, 3.05) is 26.2 Å². The fourth-order valence-corrected chi connectivity index (χ4v) is 2.54. The number of nitrogens with two attached hydrogens (primary N) is 1. The van der Waals surface area contributed by atoms with Crippen LogP contribution in [-0.4, -0.2) is 43.1 Å². The minimum absolute atomic E-state index is 0.168. The van der Waals surface area contributed by atoms with Crippen LogP contribution in [0.3, 0.4) is 0 Å². The zero-order valence-corrected chi connectivity index (χ0v) is 12.9. The van der Waals surface area contributed by atoms with Gasteiger partial charge in [0.25, 0.3) is 0 Å². The molecule has 3 N–H and O–H groups in total. The van der Waals surface area contributed by atoms with Crippen LogP contribution >= 0.6 is 0 Å². The van der Waals surface area contributed by atoms with Crippen LogP contribution in [-0.2, 0) is 4.79 Å². The molecule has 6 heteroatoms. The third-order valence-corrected chi connectivity index (χ3v) is 3.75. The predicted octanol–water partition coefficient (Wildman–Crippen LogP) is 1.28. The maximum Gasteiger partial charge on any atom is 0.317 e. The summed E-state index contributed by atoms with van der Waals surface area (Å²) in [6, 6.07) is 7.60. The fourth-order valence-electron chi connectivity index (χ4n) is 2.54. The lowest BCUT2D eigenvalue weighted by molar-refractivity contribution is -0.123. The SMILES string of the molecule is Cc1cccc(OCCNC(=O)N2CCCC(C(N)=O)C2)c1. The van der Waals surface area contributed by atoms with Gasteiger partial charge in [-0.15, -0.1) is 0 Å². The van der Waals surface area contributed by atoms with E-state index in [9.17, 15) is 9.59 Å². The number of aryl methyl sites for hydroxylation is 1. The summed E-state index contributed by atoms with van der Waals surface area (Å²) in [5.41, 5.74) is 6.44. The molecule has 0 bridgehead atoms. The van der Waals surface area contributed by atoms with E-state index in [1.54, 1.807) is 4.90 Å². The second-order valence-electron chi connectivity index (χ2n) is 5.58. The van der Waals surface area contributed by atoms with Gasteiger partial charge < -0.3 is 20.7 Å². The summed E-state index contributed by atoms with van der Waals surface area (Å²) in [5.74, 6) is 0.226. The molecule has 1 atom stereocenters. The Hall–Kier alpha value is -2.24. The molecule has 0 spiro atoms. The molecule has 1 heterocycles. The molecule has 0 aromatic heterocycles. The van der Waals surface area contributed by atoms with E-state index in [0.717, 1.165) is 24.2 Å². The molecule has 3 amide bonds. The number of benzene rings is 1.